The number of nitrogen functional groups attached to an aromatic ring is 1. The van der Waals surface area contributed by atoms with Gasteiger partial charge in [-0.05, 0) is 0 Å². The van der Waals surface area contributed by atoms with E-state index in [2.05, 4.69) is 14.7 Å². The zero-order chi connectivity index (χ0) is 25.4. The van der Waals surface area contributed by atoms with Crippen LogP contribution < -0.4 is 16.1 Å². The lowest BCUT2D eigenvalue weighted by Gasteiger charge is -2.19. The number of methoxy groups -OCH3 is 1. The van der Waals surface area contributed by atoms with E-state index in [1.165, 1.54) is 0 Å². The summed E-state index contributed by atoms with van der Waals surface area (Å²) in [5.41, 5.74) is 4.35. The summed E-state index contributed by atoms with van der Waals surface area (Å²) in [6.07, 6.45) is -5.47. The van der Waals surface area contributed by atoms with Crippen LogP contribution in [0.2, 0.25) is 0 Å². The number of sulfonamides is 1. The second-order valence-electron chi connectivity index (χ2n) is 7.34. The lowest BCUT2D eigenvalue weighted by atomic mass is 10.1. The van der Waals surface area contributed by atoms with Crippen LogP contribution in [0.15, 0.2) is 11.0 Å². The van der Waals surface area contributed by atoms with Gasteiger partial charge in [-0.3, -0.25) is 23.7 Å². The zero-order valence-electron chi connectivity index (χ0n) is 18.1. The number of fused-ring (bicyclic) bond motifs is 1. The maximum atomic E-state index is 15.1. The number of nitrogens with two attached hydrogens (primary N) is 1. The van der Waals surface area contributed by atoms with Crippen molar-refractivity contribution >= 4 is 45.0 Å². The molecule has 15 nitrogen and oxygen atoms in total. The molecule has 34 heavy (non-hydrogen) atoms. The van der Waals surface area contributed by atoms with E-state index in [1.54, 1.807) is 4.72 Å². The number of alkyl halides is 1. The molecule has 0 unspecified atom stereocenters. The van der Waals surface area contributed by atoms with Crippen LogP contribution in [0.4, 0.5) is 10.3 Å². The number of nitrogens with one attached hydrogen (secondary N) is 1. The van der Waals surface area contributed by atoms with Gasteiger partial charge in [-0.2, -0.15) is 4.98 Å². The smallest absolute Gasteiger partial charge is 0.333 e. The number of esters is 2. The molecule has 0 spiro atoms. The molecule has 3 heterocycles. The number of anilines is 1. The number of hydrogen-bond donors (Lipinski definition) is 2. The van der Waals surface area contributed by atoms with Crippen molar-refractivity contribution in [2.24, 2.45) is 0 Å². The minimum atomic E-state index is -3.92. The molecule has 1 saturated heterocycles. The normalized spacial score (nSPS) is 22.5. The number of hydrogen-bond acceptors (Lipinski definition) is 12. The number of carbonyl (C=O) groups excluding carboxylic acids is 3. The molecule has 1 aliphatic rings. The summed E-state index contributed by atoms with van der Waals surface area (Å²) in [6.45, 7) is 0.234. The number of ether oxygens (including phenoxy) is 3. The first-order chi connectivity index (χ1) is 15.8. The molecule has 1 aliphatic heterocycles. The maximum Gasteiger partial charge on any atom is 0.333 e. The van der Waals surface area contributed by atoms with E-state index in [1.807, 2.05) is 0 Å². The Hall–Kier alpha value is -3.60. The van der Waals surface area contributed by atoms with E-state index in [0.717, 1.165) is 35.6 Å². The molecule has 0 aromatic carbocycles. The number of nitrogens with zero attached hydrogens (tertiary/aromatic N) is 4. The number of carbonyl (C=O) groups is 3. The second kappa shape index (κ2) is 9.34. The summed E-state index contributed by atoms with van der Waals surface area (Å²) >= 11 is 0. The van der Waals surface area contributed by atoms with Gasteiger partial charge < -0.3 is 19.9 Å². The highest BCUT2D eigenvalue weighted by Crippen LogP contribution is 2.36. The molecule has 0 aliphatic carbocycles. The van der Waals surface area contributed by atoms with Gasteiger partial charge in [-0.25, -0.2) is 27.2 Å². The molecule has 0 bridgehead atoms. The largest absolute Gasteiger partial charge is 0.469 e. The quantitative estimate of drug-likeness (QED) is 0.392. The average Bonchev–Trinajstić information content (AvgIpc) is 3.14. The van der Waals surface area contributed by atoms with E-state index in [-0.39, 0.29) is 17.1 Å². The third kappa shape index (κ3) is 5.14. The predicted molar refractivity (Wildman–Crippen MR) is 110 cm³/mol. The summed E-state index contributed by atoms with van der Waals surface area (Å²) in [7, 11) is -2.84. The highest BCUT2D eigenvalue weighted by atomic mass is 32.2. The number of halogens is 1. The Morgan fingerprint density at radius 3 is 2.62 bits per heavy atom. The van der Waals surface area contributed by atoms with Crippen LogP contribution in [0.25, 0.3) is 11.2 Å². The Kier molecular flexibility index (Phi) is 6.87. The number of imidazole rings is 1. The standard InChI is InChI=1S/C17H21FN6O9S/c1-7(25)32-13-12(18)9(4-11(27)31-2)33-15(13)24-14-8(5-20-16(19)21-14)23(17(24)28)6-10(26)22-34(3,29)30/h5,9,12-13,15H,4,6H2,1-3H3,(H,22,26)(H2,19,20,21)/t9-,12-,13-,15-/m1/s1. The lowest BCUT2D eigenvalue weighted by molar-refractivity contribution is -0.154. The minimum Gasteiger partial charge on any atom is -0.469 e. The Balaban J connectivity index is 2.13. The molecule has 4 atom stereocenters. The van der Waals surface area contributed by atoms with Crippen molar-refractivity contribution in [1.82, 2.24) is 23.8 Å². The molecule has 1 fully saturated rings. The number of amides is 1. The van der Waals surface area contributed by atoms with Gasteiger partial charge in [0, 0.05) is 6.92 Å². The van der Waals surface area contributed by atoms with E-state index in [0.29, 0.717) is 0 Å². The Morgan fingerprint density at radius 2 is 2.03 bits per heavy atom. The van der Waals surface area contributed by atoms with Crippen LogP contribution in [-0.2, 0) is 45.2 Å². The number of rotatable bonds is 7. The molecule has 0 radical (unpaired) electrons. The fourth-order valence-electron chi connectivity index (χ4n) is 3.47. The van der Waals surface area contributed by atoms with Crippen molar-refractivity contribution in [3.05, 3.63) is 16.7 Å². The summed E-state index contributed by atoms with van der Waals surface area (Å²) < 4.78 is 56.3. The molecule has 1 amide bonds. The van der Waals surface area contributed by atoms with E-state index < -0.39 is 71.1 Å². The SMILES string of the molecule is COC(=O)C[C@H]1O[C@@H](n2c(=O)n(CC(=O)NS(C)(=O)=O)c3cnc(N)nc32)[C@H](OC(C)=O)[C@@H]1F. The third-order valence-corrected chi connectivity index (χ3v) is 5.34. The molecule has 0 saturated carbocycles. The van der Waals surface area contributed by atoms with Crippen molar-refractivity contribution in [3.63, 3.8) is 0 Å². The van der Waals surface area contributed by atoms with E-state index in [4.69, 9.17) is 15.2 Å². The van der Waals surface area contributed by atoms with Crippen molar-refractivity contribution in [3.8, 4) is 0 Å². The van der Waals surface area contributed by atoms with Crippen LogP contribution in [-0.4, -0.2) is 77.1 Å². The van der Waals surface area contributed by atoms with Crippen LogP contribution in [0, 0.1) is 0 Å². The first-order valence-corrected chi connectivity index (χ1v) is 11.5. The summed E-state index contributed by atoms with van der Waals surface area (Å²) in [4.78, 5) is 56.4. The monoisotopic (exact) mass is 504 g/mol. The first kappa shape index (κ1) is 25.0. The van der Waals surface area contributed by atoms with Gasteiger partial charge in [0.25, 0.3) is 5.91 Å². The van der Waals surface area contributed by atoms with Gasteiger partial charge >= 0.3 is 17.6 Å². The van der Waals surface area contributed by atoms with Gasteiger partial charge in [0.05, 0.1) is 26.0 Å². The summed E-state index contributed by atoms with van der Waals surface area (Å²) in [5, 5.41) is 0. The highest BCUT2D eigenvalue weighted by Gasteiger charge is 2.50. The van der Waals surface area contributed by atoms with Gasteiger partial charge in [0.2, 0.25) is 16.0 Å². The Morgan fingerprint density at radius 1 is 1.35 bits per heavy atom. The summed E-state index contributed by atoms with van der Waals surface area (Å²) in [5.74, 6) is -3.05. The van der Waals surface area contributed by atoms with Crippen LogP contribution in [0.1, 0.15) is 19.6 Å². The molecular weight excluding hydrogens is 483 g/mol. The highest BCUT2D eigenvalue weighted by molar-refractivity contribution is 7.89. The maximum absolute atomic E-state index is 15.1. The van der Waals surface area contributed by atoms with Gasteiger partial charge in [0.1, 0.15) is 18.2 Å². The number of aromatic nitrogens is 4. The molecule has 3 N–H and O–H groups in total. The van der Waals surface area contributed by atoms with Gasteiger partial charge in [-0.1, -0.05) is 0 Å². The Bertz CT molecular complexity index is 1310. The zero-order valence-corrected chi connectivity index (χ0v) is 18.9. The fraction of sp³-hybridized carbons (Fsp3) is 0.529. The van der Waals surface area contributed by atoms with Crippen LogP contribution in [0.5, 0.6) is 0 Å². The fourth-order valence-corrected chi connectivity index (χ4v) is 3.95. The van der Waals surface area contributed by atoms with E-state index >= 15 is 4.39 Å². The van der Waals surface area contributed by atoms with Crippen molar-refractivity contribution in [1.29, 1.82) is 0 Å². The van der Waals surface area contributed by atoms with Crippen molar-refractivity contribution < 1.29 is 41.4 Å². The molecule has 2 aromatic heterocycles. The second-order valence-corrected chi connectivity index (χ2v) is 9.09. The topological polar surface area (TPSA) is 204 Å². The predicted octanol–water partition coefficient (Wildman–Crippen LogP) is -2.02. The van der Waals surface area contributed by atoms with Crippen molar-refractivity contribution in [2.75, 3.05) is 19.1 Å². The molecule has 2 aromatic rings. The van der Waals surface area contributed by atoms with Gasteiger partial charge in [-0.15, -0.1) is 0 Å². The van der Waals surface area contributed by atoms with Gasteiger partial charge in [0.15, 0.2) is 24.2 Å². The van der Waals surface area contributed by atoms with E-state index in [9.17, 15) is 27.6 Å². The Labute approximate surface area is 191 Å². The van der Waals surface area contributed by atoms with Crippen LogP contribution in [0.3, 0.4) is 0 Å². The first-order valence-electron chi connectivity index (χ1n) is 9.59. The minimum absolute atomic E-state index is 0.0696. The molecule has 186 valence electrons. The van der Waals surface area contributed by atoms with Crippen molar-refractivity contribution in [2.45, 2.75) is 44.5 Å². The van der Waals surface area contributed by atoms with Crippen LogP contribution >= 0.6 is 0 Å². The third-order valence-electron chi connectivity index (χ3n) is 4.74. The molecule has 3 rings (SSSR count). The summed E-state index contributed by atoms with van der Waals surface area (Å²) in [6, 6.07) is 0. The lowest BCUT2D eigenvalue weighted by Crippen LogP contribution is -2.39. The average molecular weight is 504 g/mol. The molecule has 17 heteroatoms. The molecular formula is C17H21FN6O9S.